The molecule has 1 aromatic heterocycles. The van der Waals surface area contributed by atoms with Crippen molar-refractivity contribution in [1.82, 2.24) is 4.98 Å². The zero-order chi connectivity index (χ0) is 19.1. The van der Waals surface area contributed by atoms with Crippen molar-refractivity contribution < 1.29 is 9.53 Å². The molecule has 0 aliphatic heterocycles. The highest BCUT2D eigenvalue weighted by molar-refractivity contribution is 7.99. The Morgan fingerprint density at radius 3 is 2.59 bits per heavy atom. The Morgan fingerprint density at radius 2 is 1.89 bits per heavy atom. The second kappa shape index (κ2) is 9.35. The second-order valence-electron chi connectivity index (χ2n) is 6.31. The fraction of sp³-hybridized carbons (Fsp3) is 0.182. The van der Waals surface area contributed by atoms with Crippen LogP contribution in [-0.4, -0.2) is 17.0 Å². The number of nitrogens with zero attached hydrogens (tertiary/aromatic N) is 1. The largest absolute Gasteiger partial charge is 0.374 e. The maximum absolute atomic E-state index is 12.5. The quantitative estimate of drug-likeness (QED) is 0.597. The fourth-order valence-corrected chi connectivity index (χ4v) is 3.18. The van der Waals surface area contributed by atoms with E-state index in [9.17, 15) is 4.79 Å². The van der Waals surface area contributed by atoms with Gasteiger partial charge < -0.3 is 10.1 Å². The normalized spacial score (nSPS) is 10.8. The Bertz CT molecular complexity index is 880. The lowest BCUT2D eigenvalue weighted by molar-refractivity contribution is 0.0657. The lowest BCUT2D eigenvalue weighted by Crippen LogP contribution is -2.12. The lowest BCUT2D eigenvalue weighted by Gasteiger charge is -2.10. The van der Waals surface area contributed by atoms with Gasteiger partial charge in [0.2, 0.25) is 0 Å². The van der Waals surface area contributed by atoms with Gasteiger partial charge in [0.25, 0.3) is 5.91 Å². The number of anilines is 1. The molecule has 3 rings (SSSR count). The monoisotopic (exact) mass is 378 g/mol. The summed E-state index contributed by atoms with van der Waals surface area (Å²) < 4.78 is 5.61. The lowest BCUT2D eigenvalue weighted by atomic mass is 10.2. The van der Waals surface area contributed by atoms with E-state index in [4.69, 9.17) is 4.74 Å². The number of nitrogens with one attached hydrogen (secondary N) is 1. The van der Waals surface area contributed by atoms with Crippen molar-refractivity contribution in [3.8, 4) is 0 Å². The summed E-state index contributed by atoms with van der Waals surface area (Å²) in [4.78, 5) is 17.8. The molecule has 0 saturated carbocycles. The van der Waals surface area contributed by atoms with E-state index in [1.54, 1.807) is 18.0 Å². The number of ether oxygens (including phenoxy) is 1. The molecule has 0 atom stereocenters. The van der Waals surface area contributed by atoms with E-state index < -0.39 is 0 Å². The number of rotatable bonds is 7. The van der Waals surface area contributed by atoms with Crippen LogP contribution in [0.1, 0.15) is 29.8 Å². The third-order valence-electron chi connectivity index (χ3n) is 3.74. The summed E-state index contributed by atoms with van der Waals surface area (Å²) in [6.45, 7) is 4.53. The summed E-state index contributed by atoms with van der Waals surface area (Å²) >= 11 is 1.56. The summed E-state index contributed by atoms with van der Waals surface area (Å²) in [5, 5.41) is 3.87. The van der Waals surface area contributed by atoms with Crippen LogP contribution in [0.15, 0.2) is 82.8 Å². The van der Waals surface area contributed by atoms with Gasteiger partial charge in [-0.2, -0.15) is 0 Å². The highest BCUT2D eigenvalue weighted by atomic mass is 32.2. The molecule has 0 aliphatic carbocycles. The number of aromatic nitrogens is 1. The molecule has 27 heavy (non-hydrogen) atoms. The predicted molar refractivity (Wildman–Crippen MR) is 109 cm³/mol. The maximum Gasteiger partial charge on any atom is 0.255 e. The third-order valence-corrected chi connectivity index (χ3v) is 4.70. The van der Waals surface area contributed by atoms with Gasteiger partial charge in [-0.25, -0.2) is 4.98 Å². The first-order valence-electron chi connectivity index (χ1n) is 8.81. The van der Waals surface area contributed by atoms with Gasteiger partial charge in [0.1, 0.15) is 5.03 Å². The molecule has 1 heterocycles. The number of hydrogen-bond donors (Lipinski definition) is 1. The zero-order valence-corrected chi connectivity index (χ0v) is 16.2. The first-order chi connectivity index (χ1) is 13.1. The Kier molecular flexibility index (Phi) is 6.63. The Labute approximate surface area is 164 Å². The van der Waals surface area contributed by atoms with Gasteiger partial charge in [0.05, 0.1) is 12.7 Å². The van der Waals surface area contributed by atoms with E-state index in [0.717, 1.165) is 21.2 Å². The van der Waals surface area contributed by atoms with Crippen LogP contribution in [0.2, 0.25) is 0 Å². The van der Waals surface area contributed by atoms with Gasteiger partial charge in [0.15, 0.2) is 0 Å². The highest BCUT2D eigenvalue weighted by Gasteiger charge is 2.07. The van der Waals surface area contributed by atoms with Gasteiger partial charge >= 0.3 is 0 Å². The van der Waals surface area contributed by atoms with Crippen LogP contribution in [0.3, 0.4) is 0 Å². The standard InChI is InChI=1S/C22H22N2O2S/c1-16(2)26-15-17-6-5-7-19(14-17)24-22(25)18-9-11-20(12-10-18)27-21-8-3-4-13-23-21/h3-14,16H,15H2,1-2H3,(H,24,25). The van der Waals surface area contributed by atoms with Crippen LogP contribution in [0, 0.1) is 0 Å². The average molecular weight is 378 g/mol. The molecule has 3 aromatic rings. The fourth-order valence-electron chi connectivity index (χ4n) is 2.41. The summed E-state index contributed by atoms with van der Waals surface area (Å²) in [5.41, 5.74) is 2.41. The van der Waals surface area contributed by atoms with Crippen molar-refractivity contribution in [2.45, 2.75) is 36.5 Å². The minimum Gasteiger partial charge on any atom is -0.374 e. The highest BCUT2D eigenvalue weighted by Crippen LogP contribution is 2.25. The molecule has 0 bridgehead atoms. The first kappa shape index (κ1) is 19.1. The molecule has 0 radical (unpaired) electrons. The molecule has 0 saturated heterocycles. The van der Waals surface area contributed by atoms with Crippen molar-refractivity contribution in [3.63, 3.8) is 0 Å². The molecule has 138 valence electrons. The summed E-state index contributed by atoms with van der Waals surface area (Å²) in [7, 11) is 0. The molecular formula is C22H22N2O2S. The van der Waals surface area contributed by atoms with Crippen LogP contribution in [0.25, 0.3) is 0 Å². The topological polar surface area (TPSA) is 51.2 Å². The van der Waals surface area contributed by atoms with E-state index >= 15 is 0 Å². The molecule has 0 fully saturated rings. The number of hydrogen-bond acceptors (Lipinski definition) is 4. The van der Waals surface area contributed by atoms with E-state index in [1.807, 2.05) is 80.6 Å². The number of pyridine rings is 1. The zero-order valence-electron chi connectivity index (χ0n) is 15.4. The minimum absolute atomic E-state index is 0.133. The molecule has 5 heteroatoms. The van der Waals surface area contributed by atoms with Gasteiger partial charge in [-0.05, 0) is 67.9 Å². The summed E-state index contributed by atoms with van der Waals surface area (Å²) in [6, 6.07) is 21.0. The number of carbonyl (C=O) groups is 1. The van der Waals surface area contributed by atoms with E-state index in [-0.39, 0.29) is 12.0 Å². The maximum atomic E-state index is 12.5. The number of carbonyl (C=O) groups excluding carboxylic acids is 1. The Balaban J connectivity index is 1.62. The smallest absolute Gasteiger partial charge is 0.255 e. The van der Waals surface area contributed by atoms with E-state index in [1.165, 1.54) is 0 Å². The summed E-state index contributed by atoms with van der Waals surface area (Å²) in [6.07, 6.45) is 1.94. The third kappa shape index (κ3) is 5.94. The average Bonchev–Trinajstić information content (AvgIpc) is 2.68. The molecule has 0 aliphatic rings. The van der Waals surface area contributed by atoms with Crippen molar-refractivity contribution in [3.05, 3.63) is 84.1 Å². The molecule has 0 unspecified atom stereocenters. The van der Waals surface area contributed by atoms with Crippen LogP contribution in [0.5, 0.6) is 0 Å². The van der Waals surface area contributed by atoms with Crippen molar-refractivity contribution in [2.75, 3.05) is 5.32 Å². The van der Waals surface area contributed by atoms with Gasteiger partial charge in [-0.1, -0.05) is 30.0 Å². The van der Waals surface area contributed by atoms with Crippen LogP contribution < -0.4 is 5.32 Å². The summed E-state index contributed by atoms with van der Waals surface area (Å²) in [5.74, 6) is -0.133. The molecular weight excluding hydrogens is 356 g/mol. The van der Waals surface area contributed by atoms with Crippen LogP contribution >= 0.6 is 11.8 Å². The van der Waals surface area contributed by atoms with Crippen molar-refractivity contribution in [1.29, 1.82) is 0 Å². The molecule has 4 nitrogen and oxygen atoms in total. The molecule has 1 N–H and O–H groups in total. The molecule has 1 amide bonds. The van der Waals surface area contributed by atoms with Gasteiger partial charge in [-0.3, -0.25) is 4.79 Å². The number of amides is 1. The Morgan fingerprint density at radius 1 is 1.07 bits per heavy atom. The number of benzene rings is 2. The first-order valence-corrected chi connectivity index (χ1v) is 9.62. The molecule has 0 spiro atoms. The van der Waals surface area contributed by atoms with E-state index in [0.29, 0.717) is 12.2 Å². The van der Waals surface area contributed by atoms with Crippen LogP contribution in [0.4, 0.5) is 5.69 Å². The van der Waals surface area contributed by atoms with Gasteiger partial charge in [0, 0.05) is 22.3 Å². The van der Waals surface area contributed by atoms with Crippen molar-refractivity contribution in [2.24, 2.45) is 0 Å². The Hall–Kier alpha value is -2.63. The SMILES string of the molecule is CC(C)OCc1cccc(NC(=O)c2ccc(Sc3ccccn3)cc2)c1. The van der Waals surface area contributed by atoms with Crippen LogP contribution in [-0.2, 0) is 11.3 Å². The van der Waals surface area contributed by atoms with E-state index in [2.05, 4.69) is 10.3 Å². The molecule has 2 aromatic carbocycles. The second-order valence-corrected chi connectivity index (χ2v) is 7.40. The van der Waals surface area contributed by atoms with Crippen molar-refractivity contribution >= 4 is 23.4 Å². The minimum atomic E-state index is -0.133. The van der Waals surface area contributed by atoms with Gasteiger partial charge in [-0.15, -0.1) is 0 Å². The predicted octanol–water partition coefficient (Wildman–Crippen LogP) is 5.41.